The molecule has 0 saturated carbocycles. The van der Waals surface area contributed by atoms with Gasteiger partial charge in [0.25, 0.3) is 0 Å². The van der Waals surface area contributed by atoms with Crippen molar-refractivity contribution in [1.82, 2.24) is 9.78 Å². The molecule has 66 valence electrons. The molecule has 0 radical (unpaired) electrons. The number of aromatic nitrogens is 2. The number of aryl methyl sites for hydroxylation is 2. The monoisotopic (exact) mass is 172 g/mol. The fourth-order valence-electron chi connectivity index (χ4n) is 0.968. The molecule has 0 saturated heterocycles. The molecular weight excluding hydrogens is 158 g/mol. The molecule has 0 fully saturated rings. The first-order chi connectivity index (χ1) is 6.86. The number of rotatable bonds is 3. The normalized spacial score (nSPS) is 14.9. The molecule has 5 nitrogen and oxygen atoms in total. The van der Waals surface area contributed by atoms with Gasteiger partial charge in [-0.2, -0.15) is 5.10 Å². The Balaban J connectivity index is 3.15. The molecule has 1 aromatic rings. The summed E-state index contributed by atoms with van der Waals surface area (Å²) in [4.78, 5) is 9.99. The summed E-state index contributed by atoms with van der Waals surface area (Å²) in [6.07, 6.45) is 2.04. The Morgan fingerprint density at radius 2 is 2.67 bits per heavy atom. The zero-order chi connectivity index (χ0) is 11.6. The van der Waals surface area contributed by atoms with Gasteiger partial charge >= 0.3 is 5.69 Å². The summed E-state index contributed by atoms with van der Waals surface area (Å²) in [6.45, 7) is -0.616. The first-order valence-electron chi connectivity index (χ1n) is 5.09. The highest BCUT2D eigenvalue weighted by Gasteiger charge is 2.16. The Morgan fingerprint density at radius 1 is 1.92 bits per heavy atom. The Bertz CT molecular complexity index is 372. The van der Waals surface area contributed by atoms with Crippen LogP contribution in [0.1, 0.15) is 23.2 Å². The van der Waals surface area contributed by atoms with Crippen LogP contribution in [0.25, 0.3) is 0 Å². The van der Waals surface area contributed by atoms with Gasteiger partial charge in [-0.15, -0.1) is 0 Å². The highest BCUT2D eigenvalue weighted by atomic mass is 16.6. The maximum Gasteiger partial charge on any atom is 0.310 e. The van der Waals surface area contributed by atoms with Crippen LogP contribution < -0.4 is 0 Å². The summed E-state index contributed by atoms with van der Waals surface area (Å²) >= 11 is 0. The summed E-state index contributed by atoms with van der Waals surface area (Å²) in [7, 11) is 0. The molecule has 0 spiro atoms. The molecule has 0 aromatic carbocycles. The Kier molecular flexibility index (Phi) is 1.47. The van der Waals surface area contributed by atoms with Gasteiger partial charge in [0.15, 0.2) is 0 Å². The summed E-state index contributed by atoms with van der Waals surface area (Å²) in [6, 6.07) is 0. The van der Waals surface area contributed by atoms with Crippen LogP contribution in [-0.4, -0.2) is 14.7 Å². The lowest BCUT2D eigenvalue weighted by atomic mass is 10.2. The molecule has 0 bridgehead atoms. The lowest BCUT2D eigenvalue weighted by molar-refractivity contribution is -0.385. The summed E-state index contributed by atoms with van der Waals surface area (Å²) in [5.41, 5.74) is -0.00778. The van der Waals surface area contributed by atoms with E-state index >= 15 is 0 Å². The number of nitro groups is 1. The highest BCUT2D eigenvalue weighted by molar-refractivity contribution is 5.32. The molecule has 0 aliphatic heterocycles. The molecule has 1 aromatic heterocycles. The molecule has 1 rings (SSSR count). The van der Waals surface area contributed by atoms with Crippen molar-refractivity contribution in [3.8, 4) is 0 Å². The average Bonchev–Trinajstić information content (AvgIpc) is 2.48. The number of hydrogen-bond acceptors (Lipinski definition) is 3. The van der Waals surface area contributed by atoms with Gasteiger partial charge in [-0.05, 0) is 6.42 Å². The van der Waals surface area contributed by atoms with E-state index in [0.29, 0.717) is 17.5 Å². The topological polar surface area (TPSA) is 61.0 Å². The first-order valence-corrected chi connectivity index (χ1v) is 3.59. The second-order valence-electron chi connectivity index (χ2n) is 2.41. The van der Waals surface area contributed by atoms with E-state index in [4.69, 9.17) is 4.11 Å². The lowest BCUT2D eigenvalue weighted by Crippen LogP contribution is -1.93. The van der Waals surface area contributed by atoms with Gasteiger partial charge < -0.3 is 0 Å². The van der Waals surface area contributed by atoms with Crippen LogP contribution in [0.5, 0.6) is 0 Å². The maximum atomic E-state index is 10.6. The van der Waals surface area contributed by atoms with Gasteiger partial charge in [0.1, 0.15) is 11.9 Å². The van der Waals surface area contributed by atoms with Crippen molar-refractivity contribution in [3.63, 3.8) is 0 Å². The molecule has 0 aliphatic rings. The number of hydrogen-bond donors (Lipinski definition) is 0. The van der Waals surface area contributed by atoms with Gasteiger partial charge in [0.2, 0.25) is 0 Å². The van der Waals surface area contributed by atoms with Crippen LogP contribution in [-0.2, 0) is 13.4 Å². The maximum absolute atomic E-state index is 10.6. The summed E-state index contributed by atoms with van der Waals surface area (Å²) in [5.74, 6) is 0. The second-order valence-corrected chi connectivity index (χ2v) is 2.41. The molecule has 12 heavy (non-hydrogen) atoms. The molecular formula is C7H11N3O2. The van der Waals surface area contributed by atoms with Gasteiger partial charge in [-0.25, -0.2) is 0 Å². The quantitative estimate of drug-likeness (QED) is 0.509. The molecule has 0 amide bonds. The van der Waals surface area contributed by atoms with E-state index in [-0.39, 0.29) is 11.4 Å². The predicted molar refractivity (Wildman–Crippen MR) is 43.9 cm³/mol. The van der Waals surface area contributed by atoms with Crippen molar-refractivity contribution in [3.05, 3.63) is 22.0 Å². The van der Waals surface area contributed by atoms with E-state index in [0.717, 1.165) is 6.20 Å². The van der Waals surface area contributed by atoms with Crippen molar-refractivity contribution in [2.45, 2.75) is 19.8 Å². The third-order valence-corrected chi connectivity index (χ3v) is 1.45. The smallest absolute Gasteiger partial charge is 0.268 e. The minimum Gasteiger partial charge on any atom is -0.268 e. The lowest BCUT2D eigenvalue weighted by Gasteiger charge is -1.89. The zero-order valence-electron chi connectivity index (χ0n) is 9.65. The standard InChI is InChI=1S/C7H11N3O2/c1-3-4-6-7(10(11)12)5-9(2)8-6/h5H,3-4H2,1-2H3/i2D3. The van der Waals surface area contributed by atoms with E-state index in [2.05, 4.69) is 5.10 Å². The van der Waals surface area contributed by atoms with Crippen molar-refractivity contribution < 1.29 is 9.04 Å². The first kappa shape index (κ1) is 5.29. The third-order valence-electron chi connectivity index (χ3n) is 1.45. The zero-order valence-corrected chi connectivity index (χ0v) is 6.65. The number of nitrogens with zero attached hydrogens (tertiary/aromatic N) is 3. The van der Waals surface area contributed by atoms with Crippen LogP contribution >= 0.6 is 0 Å². The molecule has 0 aliphatic carbocycles. The van der Waals surface area contributed by atoms with Crippen LogP contribution in [0, 0.1) is 10.1 Å². The Hall–Kier alpha value is -1.39. The van der Waals surface area contributed by atoms with Gasteiger partial charge in [-0.3, -0.25) is 14.8 Å². The predicted octanol–water partition coefficient (Wildman–Crippen LogP) is 1.28. The van der Waals surface area contributed by atoms with E-state index in [1.165, 1.54) is 0 Å². The largest absolute Gasteiger partial charge is 0.310 e. The molecule has 0 N–H and O–H groups in total. The SMILES string of the molecule is [2H]C([2H])([2H])n1cc([N+](=O)[O-])c(CCC)n1. The van der Waals surface area contributed by atoms with E-state index < -0.39 is 11.9 Å². The average molecular weight is 172 g/mol. The molecule has 5 heteroatoms. The second kappa shape index (κ2) is 3.34. The van der Waals surface area contributed by atoms with Crippen molar-refractivity contribution in [2.75, 3.05) is 0 Å². The van der Waals surface area contributed by atoms with E-state index in [1.807, 2.05) is 6.92 Å². The summed E-state index contributed by atoms with van der Waals surface area (Å²) < 4.78 is 21.9. The molecule has 0 unspecified atom stereocenters. The van der Waals surface area contributed by atoms with Crippen molar-refractivity contribution in [1.29, 1.82) is 0 Å². The fraction of sp³-hybridized carbons (Fsp3) is 0.571. The minimum atomic E-state index is -2.46. The van der Waals surface area contributed by atoms with Crippen LogP contribution in [0.3, 0.4) is 0 Å². The Morgan fingerprint density at radius 3 is 3.17 bits per heavy atom. The van der Waals surface area contributed by atoms with Gasteiger partial charge in [0, 0.05) is 11.1 Å². The van der Waals surface area contributed by atoms with E-state index in [9.17, 15) is 10.1 Å². The Labute approximate surface area is 74.4 Å². The van der Waals surface area contributed by atoms with Crippen LogP contribution in [0.4, 0.5) is 5.69 Å². The summed E-state index contributed by atoms with van der Waals surface area (Å²) in [5, 5.41) is 14.3. The third kappa shape index (κ3) is 1.61. The van der Waals surface area contributed by atoms with Crippen molar-refractivity contribution >= 4 is 5.69 Å². The van der Waals surface area contributed by atoms with Crippen LogP contribution in [0.15, 0.2) is 6.20 Å². The minimum absolute atomic E-state index is 0.221. The fourth-order valence-corrected chi connectivity index (χ4v) is 0.968. The van der Waals surface area contributed by atoms with Gasteiger partial charge in [0.05, 0.1) is 4.92 Å². The van der Waals surface area contributed by atoms with E-state index in [1.54, 1.807) is 0 Å². The van der Waals surface area contributed by atoms with Crippen molar-refractivity contribution in [2.24, 2.45) is 6.98 Å². The highest BCUT2D eigenvalue weighted by Crippen LogP contribution is 2.16. The molecule has 1 heterocycles. The van der Waals surface area contributed by atoms with Crippen LogP contribution in [0.2, 0.25) is 0 Å². The molecule has 0 atom stereocenters. The van der Waals surface area contributed by atoms with Gasteiger partial charge in [-0.1, -0.05) is 13.3 Å².